The Balaban J connectivity index is 1.98. The van der Waals surface area contributed by atoms with E-state index in [1.807, 2.05) is 7.05 Å². The number of hydrogen-bond acceptors (Lipinski definition) is 5. The van der Waals surface area contributed by atoms with Gasteiger partial charge in [0.25, 0.3) is 0 Å². The summed E-state index contributed by atoms with van der Waals surface area (Å²) in [6, 6.07) is 1.94. The van der Waals surface area contributed by atoms with E-state index in [1.165, 1.54) is 26.0 Å². The summed E-state index contributed by atoms with van der Waals surface area (Å²) in [6.07, 6.45) is -2.24. The van der Waals surface area contributed by atoms with E-state index in [9.17, 15) is 13.2 Å². The molecule has 0 atom stereocenters. The van der Waals surface area contributed by atoms with E-state index in [-0.39, 0.29) is 11.7 Å². The monoisotopic (exact) mass is 290 g/mol. The van der Waals surface area contributed by atoms with Gasteiger partial charge in [-0.25, -0.2) is 4.98 Å². The highest BCUT2D eigenvalue weighted by Gasteiger charge is 2.35. The number of nitrogens with zero attached hydrogens (tertiary/aromatic N) is 3. The number of aromatic nitrogens is 2. The Morgan fingerprint density at radius 1 is 1.40 bits per heavy atom. The van der Waals surface area contributed by atoms with Crippen molar-refractivity contribution >= 4 is 5.82 Å². The van der Waals surface area contributed by atoms with Crippen molar-refractivity contribution < 1.29 is 17.9 Å². The Labute approximate surface area is 115 Å². The second kappa shape index (κ2) is 5.82. The zero-order valence-electron chi connectivity index (χ0n) is 11.4. The van der Waals surface area contributed by atoms with Gasteiger partial charge in [-0.15, -0.1) is 0 Å². The molecule has 1 aromatic heterocycles. The summed E-state index contributed by atoms with van der Waals surface area (Å²) in [5.74, 6) is -1.19. The first kappa shape index (κ1) is 14.8. The minimum absolute atomic E-state index is 0.0686. The van der Waals surface area contributed by atoms with Crippen LogP contribution in [0.3, 0.4) is 0 Å². The number of likely N-dealkylation sites (N-methyl/N-ethyl adjacent to an activating group) is 1. The molecule has 2 rings (SSSR count). The molecule has 1 fully saturated rings. The molecule has 112 valence electrons. The van der Waals surface area contributed by atoms with Gasteiger partial charge < -0.3 is 15.0 Å². The first-order valence-electron chi connectivity index (χ1n) is 6.37. The fraction of sp³-hybridized carbons (Fsp3) is 0.667. The average molecular weight is 290 g/mol. The van der Waals surface area contributed by atoms with Crippen molar-refractivity contribution in [3.63, 3.8) is 0 Å². The summed E-state index contributed by atoms with van der Waals surface area (Å²) in [5.41, 5.74) is 0. The zero-order valence-corrected chi connectivity index (χ0v) is 11.4. The fourth-order valence-electron chi connectivity index (χ4n) is 1.75. The van der Waals surface area contributed by atoms with Crippen LogP contribution < -0.4 is 10.1 Å². The molecule has 1 heterocycles. The van der Waals surface area contributed by atoms with Crippen LogP contribution in [0, 0.1) is 0 Å². The molecule has 5 nitrogen and oxygen atoms in total. The Bertz CT molecular complexity index is 463. The van der Waals surface area contributed by atoms with E-state index in [1.54, 1.807) is 0 Å². The summed E-state index contributed by atoms with van der Waals surface area (Å²) >= 11 is 0. The Morgan fingerprint density at radius 3 is 2.65 bits per heavy atom. The molecule has 0 unspecified atom stereocenters. The first-order chi connectivity index (χ1) is 9.40. The lowest BCUT2D eigenvalue weighted by atomic mass is 10.5. The zero-order chi connectivity index (χ0) is 14.8. The van der Waals surface area contributed by atoms with Crippen LogP contribution in [0.15, 0.2) is 6.07 Å². The predicted octanol–water partition coefficient (Wildman–Crippen LogP) is 2.01. The molecule has 0 radical (unpaired) electrons. The lowest BCUT2D eigenvalue weighted by Gasteiger charge is -2.16. The molecule has 1 aliphatic carbocycles. The van der Waals surface area contributed by atoms with Crippen molar-refractivity contribution in [1.82, 2.24) is 14.9 Å². The lowest BCUT2D eigenvalue weighted by Crippen LogP contribution is -2.26. The van der Waals surface area contributed by atoms with E-state index in [4.69, 9.17) is 4.74 Å². The number of rotatable bonds is 6. The molecular weight excluding hydrogens is 273 g/mol. The molecule has 1 aromatic rings. The van der Waals surface area contributed by atoms with E-state index in [0.717, 1.165) is 0 Å². The van der Waals surface area contributed by atoms with E-state index in [0.29, 0.717) is 19.2 Å². The van der Waals surface area contributed by atoms with Crippen molar-refractivity contribution in [2.75, 3.05) is 32.6 Å². The molecule has 0 spiro atoms. The van der Waals surface area contributed by atoms with Gasteiger partial charge in [0.1, 0.15) is 12.4 Å². The Hall–Kier alpha value is -1.57. The average Bonchev–Trinajstić information content (AvgIpc) is 3.21. The number of nitrogens with one attached hydrogen (secondary N) is 1. The maximum atomic E-state index is 12.6. The first-order valence-corrected chi connectivity index (χ1v) is 6.37. The highest BCUT2D eigenvalue weighted by Crippen LogP contribution is 2.29. The molecular formula is C12H17F3N4O. The van der Waals surface area contributed by atoms with Crippen LogP contribution in [0.4, 0.5) is 19.0 Å². The summed E-state index contributed by atoms with van der Waals surface area (Å²) in [4.78, 5) is 8.89. The number of hydrogen-bond donors (Lipinski definition) is 1. The summed E-state index contributed by atoms with van der Waals surface area (Å²) in [6.45, 7) is 0.954. The third kappa shape index (κ3) is 3.96. The maximum Gasteiger partial charge on any atom is 0.451 e. The van der Waals surface area contributed by atoms with Crippen molar-refractivity contribution in [1.29, 1.82) is 0 Å². The van der Waals surface area contributed by atoms with E-state index < -0.39 is 12.0 Å². The SMILES string of the molecule is CNc1cc(OCCN(C)C2CC2)nc(C(F)(F)F)n1. The van der Waals surface area contributed by atoms with Crippen LogP contribution in [-0.2, 0) is 6.18 Å². The minimum Gasteiger partial charge on any atom is -0.476 e. The predicted molar refractivity (Wildman–Crippen MR) is 67.7 cm³/mol. The van der Waals surface area contributed by atoms with Crippen LogP contribution in [-0.4, -0.2) is 48.2 Å². The number of anilines is 1. The summed E-state index contributed by atoms with van der Waals surface area (Å²) < 4.78 is 43.2. The molecule has 0 bridgehead atoms. The van der Waals surface area contributed by atoms with Gasteiger partial charge in [-0.3, -0.25) is 0 Å². The molecule has 1 aliphatic rings. The van der Waals surface area contributed by atoms with E-state index >= 15 is 0 Å². The van der Waals surface area contributed by atoms with Crippen LogP contribution in [0.1, 0.15) is 18.7 Å². The standard InChI is InChI=1S/C12H17F3N4O/c1-16-9-7-10(18-11(17-9)12(13,14)15)20-6-5-19(2)8-3-4-8/h7-8H,3-6H2,1-2H3,(H,16,17,18). The van der Waals surface area contributed by atoms with Gasteiger partial charge in [0.2, 0.25) is 11.7 Å². The van der Waals surface area contributed by atoms with Crippen LogP contribution >= 0.6 is 0 Å². The van der Waals surface area contributed by atoms with Gasteiger partial charge in [-0.1, -0.05) is 0 Å². The highest BCUT2D eigenvalue weighted by atomic mass is 19.4. The second-order valence-electron chi connectivity index (χ2n) is 4.72. The quantitative estimate of drug-likeness (QED) is 0.868. The van der Waals surface area contributed by atoms with Crippen LogP contribution in [0.2, 0.25) is 0 Å². The van der Waals surface area contributed by atoms with Crippen molar-refractivity contribution in [3.8, 4) is 5.88 Å². The van der Waals surface area contributed by atoms with Gasteiger partial charge in [0, 0.05) is 25.7 Å². The molecule has 0 amide bonds. The normalized spacial score (nSPS) is 15.5. The van der Waals surface area contributed by atoms with Crippen LogP contribution in [0.5, 0.6) is 5.88 Å². The molecule has 0 saturated heterocycles. The smallest absolute Gasteiger partial charge is 0.451 e. The van der Waals surface area contributed by atoms with Gasteiger partial charge in [0.05, 0.1) is 0 Å². The number of ether oxygens (including phenoxy) is 1. The minimum atomic E-state index is -4.59. The topological polar surface area (TPSA) is 50.3 Å². The molecule has 1 N–H and O–H groups in total. The van der Waals surface area contributed by atoms with Gasteiger partial charge >= 0.3 is 6.18 Å². The maximum absolute atomic E-state index is 12.6. The van der Waals surface area contributed by atoms with Crippen molar-refractivity contribution in [2.24, 2.45) is 0 Å². The fourth-order valence-corrected chi connectivity index (χ4v) is 1.75. The Morgan fingerprint density at radius 2 is 2.10 bits per heavy atom. The second-order valence-corrected chi connectivity index (χ2v) is 4.72. The van der Waals surface area contributed by atoms with Crippen molar-refractivity contribution in [2.45, 2.75) is 25.1 Å². The molecule has 20 heavy (non-hydrogen) atoms. The molecule has 8 heteroatoms. The summed E-state index contributed by atoms with van der Waals surface area (Å²) in [7, 11) is 3.47. The van der Waals surface area contributed by atoms with Gasteiger partial charge in [0.15, 0.2) is 0 Å². The Kier molecular flexibility index (Phi) is 4.32. The number of halogens is 3. The number of alkyl halides is 3. The largest absolute Gasteiger partial charge is 0.476 e. The van der Waals surface area contributed by atoms with Crippen LogP contribution in [0.25, 0.3) is 0 Å². The van der Waals surface area contributed by atoms with E-state index in [2.05, 4.69) is 20.2 Å². The summed E-state index contributed by atoms with van der Waals surface area (Å²) in [5, 5.41) is 2.57. The highest BCUT2D eigenvalue weighted by molar-refractivity contribution is 5.38. The van der Waals surface area contributed by atoms with Crippen molar-refractivity contribution in [3.05, 3.63) is 11.9 Å². The van der Waals surface area contributed by atoms with Gasteiger partial charge in [-0.05, 0) is 19.9 Å². The molecule has 1 saturated carbocycles. The molecule has 0 aromatic carbocycles. The third-order valence-corrected chi connectivity index (χ3v) is 3.08. The van der Waals surface area contributed by atoms with Gasteiger partial charge in [-0.2, -0.15) is 18.2 Å². The lowest BCUT2D eigenvalue weighted by molar-refractivity contribution is -0.145. The third-order valence-electron chi connectivity index (χ3n) is 3.08. The molecule has 0 aliphatic heterocycles.